The maximum absolute atomic E-state index is 11.4. The standard InChI is InChI=1S/C14H15N5O2/c1-14(8-20,10-5-3-2-4-6-10)16-11-7-12-17-18-13(21)19(12)9-15-11/h2-7,9,16,20H,8H2,1H3,(H,18,21). The number of aliphatic hydroxyl groups is 1. The summed E-state index contributed by atoms with van der Waals surface area (Å²) in [7, 11) is 0. The Morgan fingerprint density at radius 2 is 2.14 bits per heavy atom. The summed E-state index contributed by atoms with van der Waals surface area (Å²) < 4.78 is 1.31. The number of rotatable bonds is 4. The third kappa shape index (κ3) is 2.38. The van der Waals surface area contributed by atoms with Crippen LogP contribution < -0.4 is 11.0 Å². The van der Waals surface area contributed by atoms with Gasteiger partial charge in [-0.2, -0.15) is 5.10 Å². The molecule has 108 valence electrons. The smallest absolute Gasteiger partial charge is 0.348 e. The molecule has 2 aromatic heterocycles. The molecule has 0 aliphatic carbocycles. The summed E-state index contributed by atoms with van der Waals surface area (Å²) in [6.45, 7) is 1.78. The molecule has 3 rings (SSSR count). The molecule has 3 N–H and O–H groups in total. The lowest BCUT2D eigenvalue weighted by Crippen LogP contribution is -2.36. The highest BCUT2D eigenvalue weighted by Gasteiger charge is 2.26. The molecule has 7 heteroatoms. The molecule has 0 aliphatic rings. The van der Waals surface area contributed by atoms with E-state index in [9.17, 15) is 9.90 Å². The van der Waals surface area contributed by atoms with E-state index in [0.29, 0.717) is 11.5 Å². The molecular weight excluding hydrogens is 270 g/mol. The lowest BCUT2D eigenvalue weighted by molar-refractivity contribution is 0.223. The first-order valence-electron chi connectivity index (χ1n) is 6.50. The Balaban J connectivity index is 1.97. The minimum atomic E-state index is -0.677. The zero-order valence-electron chi connectivity index (χ0n) is 11.4. The topological polar surface area (TPSA) is 95.3 Å². The van der Waals surface area contributed by atoms with Gasteiger partial charge in [0, 0.05) is 6.07 Å². The van der Waals surface area contributed by atoms with Crippen molar-refractivity contribution in [3.63, 3.8) is 0 Å². The van der Waals surface area contributed by atoms with E-state index < -0.39 is 5.54 Å². The van der Waals surface area contributed by atoms with E-state index in [4.69, 9.17) is 0 Å². The predicted molar refractivity (Wildman–Crippen MR) is 78.1 cm³/mol. The second-order valence-corrected chi connectivity index (χ2v) is 5.01. The Morgan fingerprint density at radius 3 is 2.86 bits per heavy atom. The van der Waals surface area contributed by atoms with Crippen LogP contribution in [0.4, 0.5) is 5.82 Å². The van der Waals surface area contributed by atoms with Gasteiger partial charge >= 0.3 is 5.69 Å². The number of anilines is 1. The van der Waals surface area contributed by atoms with Gasteiger partial charge < -0.3 is 10.4 Å². The fourth-order valence-corrected chi connectivity index (χ4v) is 2.17. The van der Waals surface area contributed by atoms with Crippen molar-refractivity contribution in [2.75, 3.05) is 11.9 Å². The number of hydrogen-bond acceptors (Lipinski definition) is 5. The number of fused-ring (bicyclic) bond motifs is 1. The fraction of sp³-hybridized carbons (Fsp3) is 0.214. The van der Waals surface area contributed by atoms with Crippen LogP contribution in [0.5, 0.6) is 0 Å². The lowest BCUT2D eigenvalue weighted by Gasteiger charge is -2.29. The lowest BCUT2D eigenvalue weighted by atomic mass is 9.93. The number of nitrogens with zero attached hydrogens (tertiary/aromatic N) is 3. The Bertz CT molecular complexity index is 811. The van der Waals surface area contributed by atoms with E-state index in [1.807, 2.05) is 37.3 Å². The van der Waals surface area contributed by atoms with Gasteiger partial charge in [0.2, 0.25) is 0 Å². The summed E-state index contributed by atoms with van der Waals surface area (Å²) >= 11 is 0. The predicted octanol–water partition coefficient (Wildman–Crippen LogP) is 0.737. The largest absolute Gasteiger partial charge is 0.394 e. The third-order valence-corrected chi connectivity index (χ3v) is 3.44. The molecule has 1 atom stereocenters. The molecule has 1 unspecified atom stereocenters. The molecule has 0 radical (unpaired) electrons. The van der Waals surface area contributed by atoms with Crippen LogP contribution in [0.25, 0.3) is 5.65 Å². The molecule has 0 saturated carbocycles. The summed E-state index contributed by atoms with van der Waals surface area (Å²) in [6.07, 6.45) is 1.40. The Morgan fingerprint density at radius 1 is 1.38 bits per heavy atom. The molecule has 1 aromatic carbocycles. The quantitative estimate of drug-likeness (QED) is 0.657. The minimum absolute atomic E-state index is 0.1000. The van der Waals surface area contributed by atoms with Crippen molar-refractivity contribution in [3.8, 4) is 0 Å². The van der Waals surface area contributed by atoms with E-state index in [1.54, 1.807) is 6.07 Å². The van der Waals surface area contributed by atoms with Crippen molar-refractivity contribution < 1.29 is 5.11 Å². The van der Waals surface area contributed by atoms with Gasteiger partial charge in [-0.1, -0.05) is 30.3 Å². The van der Waals surface area contributed by atoms with Gasteiger partial charge in [-0.15, -0.1) is 0 Å². The molecular formula is C14H15N5O2. The molecule has 0 bridgehead atoms. The van der Waals surface area contributed by atoms with Crippen molar-refractivity contribution in [1.82, 2.24) is 19.6 Å². The fourth-order valence-electron chi connectivity index (χ4n) is 2.17. The molecule has 3 aromatic rings. The summed E-state index contributed by atoms with van der Waals surface area (Å²) in [6, 6.07) is 11.3. The number of aliphatic hydroxyl groups excluding tert-OH is 1. The highest BCUT2D eigenvalue weighted by Crippen LogP contribution is 2.24. The molecule has 0 saturated heterocycles. The van der Waals surface area contributed by atoms with Crippen LogP contribution in [-0.4, -0.2) is 31.3 Å². The summed E-state index contributed by atoms with van der Waals surface area (Å²) in [5.41, 5.74) is 0.389. The van der Waals surface area contributed by atoms with Gasteiger partial charge in [-0.25, -0.2) is 19.3 Å². The second kappa shape index (κ2) is 5.02. The van der Waals surface area contributed by atoms with Gasteiger partial charge in [0.05, 0.1) is 12.1 Å². The molecule has 21 heavy (non-hydrogen) atoms. The summed E-state index contributed by atoms with van der Waals surface area (Å²) in [5.74, 6) is 0.530. The average molecular weight is 285 g/mol. The Hall–Kier alpha value is -2.67. The highest BCUT2D eigenvalue weighted by atomic mass is 16.3. The number of hydrogen-bond donors (Lipinski definition) is 3. The normalized spacial score (nSPS) is 14.0. The number of benzene rings is 1. The van der Waals surface area contributed by atoms with Crippen molar-refractivity contribution in [1.29, 1.82) is 0 Å². The Kier molecular flexibility index (Phi) is 3.19. The first-order valence-corrected chi connectivity index (χ1v) is 6.50. The monoisotopic (exact) mass is 285 g/mol. The second-order valence-electron chi connectivity index (χ2n) is 5.01. The van der Waals surface area contributed by atoms with Crippen molar-refractivity contribution in [2.45, 2.75) is 12.5 Å². The molecule has 0 amide bonds. The number of H-pyrrole nitrogens is 1. The zero-order chi connectivity index (χ0) is 14.9. The van der Waals surface area contributed by atoms with Crippen LogP contribution in [0.15, 0.2) is 47.5 Å². The molecule has 2 heterocycles. The average Bonchev–Trinajstić information content (AvgIpc) is 2.89. The van der Waals surface area contributed by atoms with Gasteiger partial charge in [0.1, 0.15) is 12.1 Å². The van der Waals surface area contributed by atoms with Crippen LogP contribution in [0, 0.1) is 0 Å². The van der Waals surface area contributed by atoms with Crippen LogP contribution >= 0.6 is 0 Å². The van der Waals surface area contributed by atoms with Gasteiger partial charge in [0.15, 0.2) is 5.65 Å². The molecule has 7 nitrogen and oxygen atoms in total. The maximum atomic E-state index is 11.4. The summed E-state index contributed by atoms with van der Waals surface area (Å²) in [4.78, 5) is 15.6. The Labute approximate surface area is 120 Å². The number of nitrogens with one attached hydrogen (secondary N) is 2. The molecule has 0 aliphatic heterocycles. The maximum Gasteiger partial charge on any atom is 0.348 e. The van der Waals surface area contributed by atoms with E-state index in [2.05, 4.69) is 20.5 Å². The van der Waals surface area contributed by atoms with Crippen LogP contribution in [-0.2, 0) is 5.54 Å². The van der Waals surface area contributed by atoms with Gasteiger partial charge in [-0.3, -0.25) is 0 Å². The van der Waals surface area contributed by atoms with Crippen molar-refractivity contribution in [2.24, 2.45) is 0 Å². The minimum Gasteiger partial charge on any atom is -0.394 e. The number of aromatic nitrogens is 4. The molecule has 0 spiro atoms. The number of aromatic amines is 1. The summed E-state index contributed by atoms with van der Waals surface area (Å²) in [5, 5.41) is 19.2. The van der Waals surface area contributed by atoms with Crippen molar-refractivity contribution in [3.05, 3.63) is 58.8 Å². The molecule has 0 fully saturated rings. The zero-order valence-corrected chi connectivity index (χ0v) is 11.4. The van der Waals surface area contributed by atoms with E-state index in [1.165, 1.54) is 10.7 Å². The highest BCUT2D eigenvalue weighted by molar-refractivity contribution is 5.50. The van der Waals surface area contributed by atoms with Crippen molar-refractivity contribution >= 4 is 11.5 Å². The van der Waals surface area contributed by atoms with Gasteiger partial charge in [0.25, 0.3) is 0 Å². The third-order valence-electron chi connectivity index (χ3n) is 3.44. The van der Waals surface area contributed by atoms with E-state index in [0.717, 1.165) is 5.56 Å². The van der Waals surface area contributed by atoms with Crippen LogP contribution in [0.2, 0.25) is 0 Å². The van der Waals surface area contributed by atoms with Gasteiger partial charge in [-0.05, 0) is 12.5 Å². The first-order chi connectivity index (χ1) is 10.1. The first kappa shape index (κ1) is 13.3. The van der Waals surface area contributed by atoms with E-state index >= 15 is 0 Å². The SMILES string of the molecule is CC(CO)(Nc1cc2n[nH]c(=O)n2cn1)c1ccccc1. The van der Waals surface area contributed by atoms with Crippen LogP contribution in [0.3, 0.4) is 0 Å². The van der Waals surface area contributed by atoms with Crippen LogP contribution in [0.1, 0.15) is 12.5 Å². The van der Waals surface area contributed by atoms with E-state index in [-0.39, 0.29) is 12.3 Å².